The van der Waals surface area contributed by atoms with Crippen molar-refractivity contribution < 1.29 is 18.9 Å². The summed E-state index contributed by atoms with van der Waals surface area (Å²) >= 11 is 0. The van der Waals surface area contributed by atoms with E-state index in [1.54, 1.807) is 0 Å². The molecule has 0 aliphatic carbocycles. The van der Waals surface area contributed by atoms with Gasteiger partial charge in [0, 0.05) is 24.3 Å². The summed E-state index contributed by atoms with van der Waals surface area (Å²) in [7, 11) is 0. The first-order chi connectivity index (χ1) is 15.2. The number of nitrogens with zero attached hydrogens (tertiary/aromatic N) is 1. The van der Waals surface area contributed by atoms with Crippen LogP contribution in [0.4, 0.5) is 0 Å². The van der Waals surface area contributed by atoms with Crippen molar-refractivity contribution in [2.24, 2.45) is 5.41 Å². The molecule has 1 fully saturated rings. The molecule has 31 heavy (non-hydrogen) atoms. The van der Waals surface area contributed by atoms with E-state index in [9.17, 15) is 0 Å². The third-order valence-corrected chi connectivity index (χ3v) is 5.36. The molecule has 0 saturated carbocycles. The zero-order chi connectivity index (χ0) is 21.5. The maximum atomic E-state index is 6.14. The summed E-state index contributed by atoms with van der Waals surface area (Å²) in [5, 5.41) is 0. The fourth-order valence-corrected chi connectivity index (χ4v) is 3.72. The maximum absolute atomic E-state index is 6.14. The summed E-state index contributed by atoms with van der Waals surface area (Å²) in [6.45, 7) is 7.32. The number of rotatable bonds is 9. The molecule has 1 saturated heterocycles. The second-order valence-corrected chi connectivity index (χ2v) is 7.81. The lowest BCUT2D eigenvalue weighted by atomic mass is 9.91. The van der Waals surface area contributed by atoms with Gasteiger partial charge >= 0.3 is 0 Å². The first-order valence-corrected chi connectivity index (χ1v) is 10.8. The third kappa shape index (κ3) is 5.05. The van der Waals surface area contributed by atoms with Crippen LogP contribution in [0.15, 0.2) is 60.7 Å². The van der Waals surface area contributed by atoms with Crippen molar-refractivity contribution in [3.8, 4) is 22.5 Å². The van der Waals surface area contributed by atoms with Gasteiger partial charge in [0.1, 0.15) is 0 Å². The molecule has 164 valence electrons. The number of hydrogen-bond acceptors (Lipinski definition) is 5. The van der Waals surface area contributed by atoms with Crippen LogP contribution in [-0.4, -0.2) is 49.6 Å². The van der Waals surface area contributed by atoms with Crippen LogP contribution < -0.4 is 0 Å². The Morgan fingerprint density at radius 1 is 0.871 bits per heavy atom. The smallest absolute Gasteiger partial charge is 0.217 e. The number of benzene rings is 2. The Balaban J connectivity index is 1.58. The van der Waals surface area contributed by atoms with Gasteiger partial charge in [-0.15, -0.1) is 0 Å². The number of nitrogens with one attached hydrogen (secondary N) is 1. The average Bonchev–Trinajstić information content (AvgIpc) is 3.29. The molecule has 1 aliphatic heterocycles. The number of aromatic nitrogens is 2. The monoisotopic (exact) mass is 422 g/mol. The number of aromatic amines is 1. The number of H-pyrrole nitrogens is 1. The average molecular weight is 423 g/mol. The molecule has 1 aliphatic rings. The van der Waals surface area contributed by atoms with Gasteiger partial charge in [-0.3, -0.25) is 0 Å². The maximum Gasteiger partial charge on any atom is 0.217 e. The van der Waals surface area contributed by atoms with E-state index in [1.807, 2.05) is 50.2 Å². The molecule has 4 rings (SSSR count). The SMILES string of the molecule is CCOCC1(COCC)COC(c2nc(-c3ccccc3)c(-c3ccccc3)[nH]2)OC1. The predicted molar refractivity (Wildman–Crippen MR) is 120 cm³/mol. The molecule has 1 aromatic heterocycles. The second kappa shape index (κ2) is 10.2. The molecule has 0 spiro atoms. The van der Waals surface area contributed by atoms with E-state index in [0.717, 1.165) is 22.5 Å². The Morgan fingerprint density at radius 3 is 1.97 bits per heavy atom. The fourth-order valence-electron chi connectivity index (χ4n) is 3.72. The second-order valence-electron chi connectivity index (χ2n) is 7.81. The first-order valence-electron chi connectivity index (χ1n) is 10.8. The Hall–Kier alpha value is -2.51. The van der Waals surface area contributed by atoms with Crippen molar-refractivity contribution in [1.82, 2.24) is 9.97 Å². The first kappa shape index (κ1) is 21.7. The summed E-state index contributed by atoms with van der Waals surface area (Å²) in [4.78, 5) is 8.34. The molecular weight excluding hydrogens is 392 g/mol. The summed E-state index contributed by atoms with van der Waals surface area (Å²) in [6.07, 6.45) is -0.559. The van der Waals surface area contributed by atoms with E-state index >= 15 is 0 Å². The largest absolute Gasteiger partial charge is 0.381 e. The molecule has 6 nitrogen and oxygen atoms in total. The van der Waals surface area contributed by atoms with Gasteiger partial charge < -0.3 is 23.9 Å². The summed E-state index contributed by atoms with van der Waals surface area (Å²) in [5.74, 6) is 0.666. The molecule has 0 bridgehead atoms. The lowest BCUT2D eigenvalue weighted by molar-refractivity contribution is -0.256. The third-order valence-electron chi connectivity index (χ3n) is 5.36. The van der Waals surface area contributed by atoms with Crippen LogP contribution in [0.25, 0.3) is 22.5 Å². The quantitative estimate of drug-likeness (QED) is 0.534. The Labute approximate surface area is 183 Å². The summed E-state index contributed by atoms with van der Waals surface area (Å²) in [5.41, 5.74) is 3.64. The van der Waals surface area contributed by atoms with Crippen molar-refractivity contribution >= 4 is 0 Å². The van der Waals surface area contributed by atoms with E-state index < -0.39 is 6.29 Å². The summed E-state index contributed by atoms with van der Waals surface area (Å²) in [6, 6.07) is 20.3. The highest BCUT2D eigenvalue weighted by Crippen LogP contribution is 2.36. The van der Waals surface area contributed by atoms with Gasteiger partial charge in [-0.2, -0.15) is 0 Å². The fraction of sp³-hybridized carbons (Fsp3) is 0.400. The van der Waals surface area contributed by atoms with Crippen LogP contribution in [0.3, 0.4) is 0 Å². The molecule has 2 aromatic carbocycles. The highest BCUT2D eigenvalue weighted by molar-refractivity contribution is 5.78. The van der Waals surface area contributed by atoms with Crippen LogP contribution in [-0.2, 0) is 18.9 Å². The zero-order valence-electron chi connectivity index (χ0n) is 18.2. The molecule has 6 heteroatoms. The standard InChI is InChI=1S/C25H30N2O4/c1-3-28-15-25(16-29-4-2)17-30-24(31-18-25)23-26-21(19-11-7-5-8-12-19)22(27-23)20-13-9-6-10-14-20/h5-14,24H,3-4,15-18H2,1-2H3,(H,26,27). The van der Waals surface area contributed by atoms with Gasteiger partial charge in [0.2, 0.25) is 6.29 Å². The topological polar surface area (TPSA) is 65.6 Å². The molecule has 0 unspecified atom stereocenters. The number of ether oxygens (including phenoxy) is 4. The minimum absolute atomic E-state index is 0.306. The van der Waals surface area contributed by atoms with Crippen LogP contribution in [0, 0.1) is 5.41 Å². The van der Waals surface area contributed by atoms with Gasteiger partial charge in [0.05, 0.1) is 43.2 Å². The molecular formula is C25H30N2O4. The lowest BCUT2D eigenvalue weighted by Gasteiger charge is -2.38. The van der Waals surface area contributed by atoms with Crippen LogP contribution >= 0.6 is 0 Å². The number of hydrogen-bond donors (Lipinski definition) is 1. The van der Waals surface area contributed by atoms with Crippen LogP contribution in [0.2, 0.25) is 0 Å². The van der Waals surface area contributed by atoms with Gasteiger partial charge in [-0.25, -0.2) is 4.98 Å². The van der Waals surface area contributed by atoms with Crippen LogP contribution in [0.5, 0.6) is 0 Å². The molecule has 2 heterocycles. The Kier molecular flexibility index (Phi) is 7.14. The lowest BCUT2D eigenvalue weighted by Crippen LogP contribution is -2.46. The van der Waals surface area contributed by atoms with E-state index in [2.05, 4.69) is 29.2 Å². The normalized spacial score (nSPS) is 16.5. The molecule has 1 N–H and O–H groups in total. The van der Waals surface area contributed by atoms with Gasteiger partial charge in [-0.1, -0.05) is 60.7 Å². The van der Waals surface area contributed by atoms with Crippen molar-refractivity contribution in [3.05, 3.63) is 66.5 Å². The van der Waals surface area contributed by atoms with Crippen molar-refractivity contribution in [2.75, 3.05) is 39.6 Å². The van der Waals surface area contributed by atoms with E-state index in [0.29, 0.717) is 45.5 Å². The number of imidazole rings is 1. The van der Waals surface area contributed by atoms with Crippen molar-refractivity contribution in [3.63, 3.8) is 0 Å². The molecule has 0 radical (unpaired) electrons. The highest BCUT2D eigenvalue weighted by atomic mass is 16.7. The molecule has 0 amide bonds. The minimum atomic E-state index is -0.559. The minimum Gasteiger partial charge on any atom is -0.381 e. The van der Waals surface area contributed by atoms with Gasteiger partial charge in [0.15, 0.2) is 5.82 Å². The van der Waals surface area contributed by atoms with Gasteiger partial charge in [0.25, 0.3) is 0 Å². The molecule has 3 aromatic rings. The van der Waals surface area contributed by atoms with Gasteiger partial charge in [-0.05, 0) is 13.8 Å². The highest BCUT2D eigenvalue weighted by Gasteiger charge is 2.39. The van der Waals surface area contributed by atoms with Crippen molar-refractivity contribution in [2.45, 2.75) is 20.1 Å². The van der Waals surface area contributed by atoms with Crippen molar-refractivity contribution in [1.29, 1.82) is 0 Å². The van der Waals surface area contributed by atoms with E-state index in [1.165, 1.54) is 0 Å². The Bertz CT molecular complexity index is 868. The summed E-state index contributed by atoms with van der Waals surface area (Å²) < 4.78 is 23.7. The van der Waals surface area contributed by atoms with E-state index in [4.69, 9.17) is 23.9 Å². The Morgan fingerprint density at radius 2 is 1.42 bits per heavy atom. The van der Waals surface area contributed by atoms with Crippen LogP contribution in [0.1, 0.15) is 26.0 Å². The predicted octanol–water partition coefficient (Wildman–Crippen LogP) is 4.85. The zero-order valence-corrected chi connectivity index (χ0v) is 18.2. The molecule has 0 atom stereocenters. The van der Waals surface area contributed by atoms with E-state index in [-0.39, 0.29) is 5.41 Å².